The number of aromatic nitrogens is 1. The lowest BCUT2D eigenvalue weighted by molar-refractivity contribution is 0.0710. The minimum Gasteiger partial charge on any atom is -0.465 e. The van der Waals surface area contributed by atoms with Crippen molar-refractivity contribution in [2.75, 3.05) is 6.54 Å². The summed E-state index contributed by atoms with van der Waals surface area (Å²) in [4.78, 5) is 29.5. The lowest BCUT2D eigenvalue weighted by atomic mass is 9.96. The molecule has 2 aromatic rings. The Balaban J connectivity index is 1.93. The van der Waals surface area contributed by atoms with Gasteiger partial charge in [-0.2, -0.15) is 0 Å². The van der Waals surface area contributed by atoms with Gasteiger partial charge in [-0.25, -0.2) is 9.78 Å². The molecule has 0 saturated carbocycles. The SMILES string of the molecule is O=C(c1ccc2ccccc2n1)C1CCCCN1C(=O)O. The zero-order valence-corrected chi connectivity index (χ0v) is 11.5. The predicted molar refractivity (Wildman–Crippen MR) is 78.4 cm³/mol. The van der Waals surface area contributed by atoms with Crippen LogP contribution < -0.4 is 0 Å². The Kier molecular flexibility index (Phi) is 3.56. The summed E-state index contributed by atoms with van der Waals surface area (Å²) in [6.07, 6.45) is 1.21. The van der Waals surface area contributed by atoms with Crippen molar-refractivity contribution in [3.05, 3.63) is 42.1 Å². The number of piperidine rings is 1. The highest BCUT2D eigenvalue weighted by Crippen LogP contribution is 2.21. The smallest absolute Gasteiger partial charge is 0.407 e. The highest BCUT2D eigenvalue weighted by molar-refractivity contribution is 6.01. The summed E-state index contributed by atoms with van der Waals surface area (Å²) >= 11 is 0. The summed E-state index contributed by atoms with van der Waals surface area (Å²) in [5.74, 6) is -0.206. The predicted octanol–water partition coefficient (Wildman–Crippen LogP) is 2.95. The number of likely N-dealkylation sites (tertiary alicyclic amines) is 1. The van der Waals surface area contributed by atoms with Crippen molar-refractivity contribution in [2.24, 2.45) is 0 Å². The number of carbonyl (C=O) groups excluding carboxylic acids is 1. The van der Waals surface area contributed by atoms with E-state index in [1.165, 1.54) is 4.90 Å². The maximum atomic E-state index is 12.6. The Morgan fingerprint density at radius 1 is 1.14 bits per heavy atom. The second kappa shape index (κ2) is 5.52. The van der Waals surface area contributed by atoms with Crippen LogP contribution in [-0.4, -0.2) is 39.5 Å². The molecule has 1 saturated heterocycles. The largest absolute Gasteiger partial charge is 0.465 e. The number of fused-ring (bicyclic) bond motifs is 1. The Morgan fingerprint density at radius 3 is 2.76 bits per heavy atom. The molecule has 1 fully saturated rings. The average Bonchev–Trinajstić information content (AvgIpc) is 2.53. The van der Waals surface area contributed by atoms with Crippen LogP contribution in [0.5, 0.6) is 0 Å². The molecule has 0 bridgehead atoms. The monoisotopic (exact) mass is 284 g/mol. The molecule has 1 N–H and O–H groups in total. The molecular formula is C16H16N2O3. The number of Topliss-reactive ketones (excluding diaryl/α,β-unsaturated/α-hetero) is 1. The molecule has 1 unspecified atom stereocenters. The van der Waals surface area contributed by atoms with Crippen LogP contribution >= 0.6 is 0 Å². The number of carboxylic acid groups (broad SMARTS) is 1. The summed E-state index contributed by atoms with van der Waals surface area (Å²) in [5.41, 5.74) is 1.09. The number of para-hydroxylation sites is 1. The molecule has 21 heavy (non-hydrogen) atoms. The molecule has 108 valence electrons. The second-order valence-corrected chi connectivity index (χ2v) is 5.24. The van der Waals surface area contributed by atoms with Gasteiger partial charge >= 0.3 is 6.09 Å². The van der Waals surface area contributed by atoms with E-state index >= 15 is 0 Å². The van der Waals surface area contributed by atoms with Gasteiger partial charge in [0.1, 0.15) is 11.7 Å². The third-order valence-electron chi connectivity index (χ3n) is 3.90. The van der Waals surface area contributed by atoms with Crippen LogP contribution in [0.2, 0.25) is 0 Å². The zero-order chi connectivity index (χ0) is 14.8. The summed E-state index contributed by atoms with van der Waals surface area (Å²) < 4.78 is 0. The van der Waals surface area contributed by atoms with Gasteiger partial charge < -0.3 is 5.11 Å². The van der Waals surface area contributed by atoms with Crippen LogP contribution in [0, 0.1) is 0 Å². The van der Waals surface area contributed by atoms with E-state index in [1.807, 2.05) is 30.3 Å². The summed E-state index contributed by atoms with van der Waals surface area (Å²) in [6.45, 7) is 0.416. The Bertz CT molecular complexity index is 699. The Labute approximate surface area is 122 Å². The van der Waals surface area contributed by atoms with Crippen molar-refractivity contribution in [1.29, 1.82) is 0 Å². The molecule has 0 spiro atoms. The van der Waals surface area contributed by atoms with Crippen LogP contribution in [0.4, 0.5) is 4.79 Å². The first kappa shape index (κ1) is 13.5. The van der Waals surface area contributed by atoms with Crippen LogP contribution in [0.25, 0.3) is 10.9 Å². The highest BCUT2D eigenvalue weighted by Gasteiger charge is 2.33. The first-order valence-electron chi connectivity index (χ1n) is 7.06. The van der Waals surface area contributed by atoms with Gasteiger partial charge in [0.25, 0.3) is 0 Å². The van der Waals surface area contributed by atoms with E-state index in [0.29, 0.717) is 18.7 Å². The minimum absolute atomic E-state index is 0.206. The third kappa shape index (κ3) is 2.59. The molecule has 1 amide bonds. The fourth-order valence-corrected chi connectivity index (χ4v) is 2.81. The number of benzene rings is 1. The molecule has 5 heteroatoms. The standard InChI is InChI=1S/C16H16N2O3/c19-15(14-7-3-4-10-18(14)16(20)21)13-9-8-11-5-1-2-6-12(11)17-13/h1-2,5-6,8-9,14H,3-4,7,10H2,(H,20,21). The second-order valence-electron chi connectivity index (χ2n) is 5.24. The average molecular weight is 284 g/mol. The lowest BCUT2D eigenvalue weighted by Crippen LogP contribution is -2.47. The van der Waals surface area contributed by atoms with Crippen molar-refractivity contribution in [2.45, 2.75) is 25.3 Å². The summed E-state index contributed by atoms with van der Waals surface area (Å²) in [5, 5.41) is 10.2. The fraction of sp³-hybridized carbons (Fsp3) is 0.312. The molecule has 5 nitrogen and oxygen atoms in total. The van der Waals surface area contributed by atoms with Gasteiger partial charge in [0.05, 0.1) is 5.52 Å². The molecule has 1 aliphatic rings. The Hall–Kier alpha value is -2.43. The van der Waals surface area contributed by atoms with Gasteiger partial charge in [0, 0.05) is 11.9 Å². The number of rotatable bonds is 2. The zero-order valence-electron chi connectivity index (χ0n) is 11.5. The van der Waals surface area contributed by atoms with Crippen molar-refractivity contribution >= 4 is 22.8 Å². The van der Waals surface area contributed by atoms with Crippen LogP contribution in [0.15, 0.2) is 36.4 Å². The van der Waals surface area contributed by atoms with Crippen molar-refractivity contribution < 1.29 is 14.7 Å². The summed E-state index contributed by atoms with van der Waals surface area (Å²) in [7, 11) is 0. The molecule has 1 atom stereocenters. The van der Waals surface area contributed by atoms with Crippen LogP contribution in [0.1, 0.15) is 29.8 Å². The van der Waals surface area contributed by atoms with Gasteiger partial charge in [0.2, 0.25) is 5.78 Å². The number of carbonyl (C=O) groups is 2. The molecule has 1 aromatic heterocycles. The molecule has 1 aromatic carbocycles. The third-order valence-corrected chi connectivity index (χ3v) is 3.90. The molecule has 3 rings (SSSR count). The minimum atomic E-state index is -1.03. The topological polar surface area (TPSA) is 70.5 Å². The first-order valence-corrected chi connectivity index (χ1v) is 7.06. The van der Waals surface area contributed by atoms with E-state index in [4.69, 9.17) is 0 Å². The van der Waals surface area contributed by atoms with E-state index < -0.39 is 12.1 Å². The maximum absolute atomic E-state index is 12.6. The van der Waals surface area contributed by atoms with E-state index in [1.54, 1.807) is 6.07 Å². The van der Waals surface area contributed by atoms with Crippen molar-refractivity contribution in [3.63, 3.8) is 0 Å². The van der Waals surface area contributed by atoms with Gasteiger partial charge in [-0.15, -0.1) is 0 Å². The van der Waals surface area contributed by atoms with Crippen molar-refractivity contribution in [1.82, 2.24) is 9.88 Å². The number of ketones is 1. The summed E-state index contributed by atoms with van der Waals surface area (Å²) in [6, 6.07) is 10.5. The van der Waals surface area contributed by atoms with Gasteiger partial charge in [-0.05, 0) is 31.4 Å². The molecule has 0 radical (unpaired) electrons. The van der Waals surface area contributed by atoms with E-state index in [9.17, 15) is 14.7 Å². The van der Waals surface area contributed by atoms with Crippen LogP contribution in [0.3, 0.4) is 0 Å². The molecular weight excluding hydrogens is 268 g/mol. The van der Waals surface area contributed by atoms with Gasteiger partial charge in [0.15, 0.2) is 0 Å². The Morgan fingerprint density at radius 2 is 1.95 bits per heavy atom. The number of nitrogens with zero attached hydrogens (tertiary/aromatic N) is 2. The maximum Gasteiger partial charge on any atom is 0.407 e. The van der Waals surface area contributed by atoms with Gasteiger partial charge in [-0.3, -0.25) is 9.69 Å². The number of hydrogen-bond donors (Lipinski definition) is 1. The number of amides is 1. The van der Waals surface area contributed by atoms with E-state index in [-0.39, 0.29) is 5.78 Å². The van der Waals surface area contributed by atoms with Crippen LogP contribution in [-0.2, 0) is 0 Å². The highest BCUT2D eigenvalue weighted by atomic mass is 16.4. The number of hydrogen-bond acceptors (Lipinski definition) is 3. The number of pyridine rings is 1. The quantitative estimate of drug-likeness (QED) is 0.861. The van der Waals surface area contributed by atoms with Gasteiger partial charge in [-0.1, -0.05) is 24.3 Å². The fourth-order valence-electron chi connectivity index (χ4n) is 2.81. The molecule has 0 aliphatic carbocycles. The molecule has 2 heterocycles. The first-order chi connectivity index (χ1) is 10.2. The molecule has 1 aliphatic heterocycles. The lowest BCUT2D eigenvalue weighted by Gasteiger charge is -2.32. The van der Waals surface area contributed by atoms with Crippen molar-refractivity contribution in [3.8, 4) is 0 Å². The van der Waals surface area contributed by atoms with E-state index in [2.05, 4.69) is 4.98 Å². The normalized spacial score (nSPS) is 18.7. The van der Waals surface area contributed by atoms with E-state index in [0.717, 1.165) is 23.7 Å².